The lowest BCUT2D eigenvalue weighted by Gasteiger charge is -2.33. The standard InChI is InChI=1S/C15H16BrNO3S2/c16-13-5-6-14(21-13)22(19,20)17-10-15(18)8-7-11-3-1-2-4-12(11)9-15/h1-6,17-18H,7-10H2/t15-/m1/s1. The summed E-state index contributed by atoms with van der Waals surface area (Å²) in [6, 6.07) is 11.2. The number of rotatable bonds is 4. The lowest BCUT2D eigenvalue weighted by Crippen LogP contribution is -2.46. The van der Waals surface area contributed by atoms with Gasteiger partial charge >= 0.3 is 0 Å². The van der Waals surface area contributed by atoms with Gasteiger partial charge in [0, 0.05) is 13.0 Å². The zero-order chi connectivity index (χ0) is 15.8. The lowest BCUT2D eigenvalue weighted by atomic mass is 9.80. The van der Waals surface area contributed by atoms with Gasteiger partial charge in [-0.3, -0.25) is 0 Å². The molecule has 7 heteroatoms. The minimum atomic E-state index is -3.58. The Labute approximate surface area is 142 Å². The molecule has 1 heterocycles. The van der Waals surface area contributed by atoms with Crippen LogP contribution in [0.4, 0.5) is 0 Å². The minimum Gasteiger partial charge on any atom is -0.388 e. The quantitative estimate of drug-likeness (QED) is 0.827. The van der Waals surface area contributed by atoms with Crippen LogP contribution in [0.2, 0.25) is 0 Å². The molecule has 0 saturated heterocycles. The van der Waals surface area contributed by atoms with E-state index in [0.717, 1.165) is 27.1 Å². The number of fused-ring (bicyclic) bond motifs is 1. The van der Waals surface area contributed by atoms with Gasteiger partial charge in [0.15, 0.2) is 0 Å². The number of thiophene rings is 1. The van der Waals surface area contributed by atoms with Crippen molar-refractivity contribution in [3.8, 4) is 0 Å². The van der Waals surface area contributed by atoms with E-state index in [4.69, 9.17) is 0 Å². The number of halogens is 1. The highest BCUT2D eigenvalue weighted by Crippen LogP contribution is 2.29. The molecule has 4 nitrogen and oxygen atoms in total. The molecule has 1 aromatic heterocycles. The van der Waals surface area contributed by atoms with Gasteiger partial charge in [-0.05, 0) is 52.0 Å². The molecule has 0 saturated carbocycles. The van der Waals surface area contributed by atoms with Crippen LogP contribution >= 0.6 is 27.3 Å². The largest absolute Gasteiger partial charge is 0.388 e. The van der Waals surface area contributed by atoms with Crippen molar-refractivity contribution < 1.29 is 13.5 Å². The van der Waals surface area contributed by atoms with E-state index in [0.29, 0.717) is 12.8 Å². The molecule has 0 aliphatic heterocycles. The molecule has 0 unspecified atom stereocenters. The molecule has 22 heavy (non-hydrogen) atoms. The van der Waals surface area contributed by atoms with Crippen molar-refractivity contribution in [1.29, 1.82) is 0 Å². The van der Waals surface area contributed by atoms with Gasteiger partial charge < -0.3 is 5.11 Å². The van der Waals surface area contributed by atoms with Crippen molar-refractivity contribution >= 4 is 37.3 Å². The second-order valence-corrected chi connectivity index (χ2v) is 10.0. The average Bonchev–Trinajstić information content (AvgIpc) is 2.93. The van der Waals surface area contributed by atoms with Crippen molar-refractivity contribution in [2.75, 3.05) is 6.54 Å². The fourth-order valence-corrected chi connectivity index (χ4v) is 5.85. The molecular weight excluding hydrogens is 386 g/mol. The molecule has 2 aromatic rings. The first-order valence-electron chi connectivity index (χ1n) is 6.92. The van der Waals surface area contributed by atoms with Crippen LogP contribution in [0.5, 0.6) is 0 Å². The van der Waals surface area contributed by atoms with Gasteiger partial charge in [-0.25, -0.2) is 13.1 Å². The summed E-state index contributed by atoms with van der Waals surface area (Å²) in [5, 5.41) is 10.7. The maximum atomic E-state index is 12.2. The summed E-state index contributed by atoms with van der Waals surface area (Å²) in [7, 11) is -3.58. The third-order valence-corrected chi connectivity index (χ3v) is 7.42. The zero-order valence-corrected chi connectivity index (χ0v) is 15.0. The van der Waals surface area contributed by atoms with Gasteiger partial charge in [-0.2, -0.15) is 0 Å². The maximum Gasteiger partial charge on any atom is 0.250 e. The van der Waals surface area contributed by atoms with Gasteiger partial charge in [-0.1, -0.05) is 24.3 Å². The van der Waals surface area contributed by atoms with Gasteiger partial charge in [0.2, 0.25) is 10.0 Å². The van der Waals surface area contributed by atoms with Crippen LogP contribution in [0.3, 0.4) is 0 Å². The van der Waals surface area contributed by atoms with Crippen molar-refractivity contribution in [2.24, 2.45) is 0 Å². The van der Waals surface area contributed by atoms with Gasteiger partial charge in [0.25, 0.3) is 0 Å². The molecule has 3 rings (SSSR count). The third kappa shape index (κ3) is 3.44. The average molecular weight is 402 g/mol. The summed E-state index contributed by atoms with van der Waals surface area (Å²) >= 11 is 4.41. The number of aliphatic hydroxyl groups is 1. The second kappa shape index (κ2) is 6.05. The third-order valence-electron chi connectivity index (χ3n) is 3.90. The SMILES string of the molecule is O=S(=O)(NC[C@@]1(O)CCc2ccccc2C1)c1ccc(Br)s1. The van der Waals surface area contributed by atoms with E-state index in [9.17, 15) is 13.5 Å². The van der Waals surface area contributed by atoms with Crippen molar-refractivity contribution in [1.82, 2.24) is 4.72 Å². The molecule has 0 spiro atoms. The van der Waals surface area contributed by atoms with E-state index < -0.39 is 15.6 Å². The van der Waals surface area contributed by atoms with E-state index in [-0.39, 0.29) is 10.8 Å². The Hall–Kier alpha value is -0.730. The summed E-state index contributed by atoms with van der Waals surface area (Å²) < 4.78 is 28.0. The van der Waals surface area contributed by atoms with Crippen LogP contribution in [0, 0.1) is 0 Å². The Morgan fingerprint density at radius 2 is 1.95 bits per heavy atom. The predicted octanol–water partition coefficient (Wildman–Crippen LogP) is 2.71. The molecule has 1 aliphatic carbocycles. The summed E-state index contributed by atoms with van der Waals surface area (Å²) in [6.07, 6.45) is 1.79. The fraction of sp³-hybridized carbons (Fsp3) is 0.333. The number of hydrogen-bond donors (Lipinski definition) is 2. The molecule has 0 amide bonds. The van der Waals surface area contributed by atoms with Crippen molar-refractivity contribution in [2.45, 2.75) is 29.1 Å². The molecular formula is C15H16BrNO3S2. The molecule has 118 valence electrons. The monoisotopic (exact) mass is 401 g/mol. The molecule has 0 radical (unpaired) electrons. The highest BCUT2D eigenvalue weighted by Gasteiger charge is 2.33. The number of hydrogen-bond acceptors (Lipinski definition) is 4. The summed E-state index contributed by atoms with van der Waals surface area (Å²) in [5.41, 5.74) is 1.29. The van der Waals surface area contributed by atoms with E-state index in [1.165, 1.54) is 5.56 Å². The van der Waals surface area contributed by atoms with Gasteiger partial charge in [-0.15, -0.1) is 11.3 Å². The number of sulfonamides is 1. The number of nitrogens with one attached hydrogen (secondary N) is 1. The molecule has 1 aromatic carbocycles. The molecule has 2 N–H and O–H groups in total. The highest BCUT2D eigenvalue weighted by molar-refractivity contribution is 9.11. The topological polar surface area (TPSA) is 66.4 Å². The zero-order valence-electron chi connectivity index (χ0n) is 11.8. The molecule has 1 aliphatic rings. The first-order valence-corrected chi connectivity index (χ1v) is 10.0. The van der Waals surface area contributed by atoms with E-state index in [2.05, 4.69) is 26.7 Å². The maximum absolute atomic E-state index is 12.2. The van der Waals surface area contributed by atoms with Crippen LogP contribution in [0.1, 0.15) is 17.5 Å². The van der Waals surface area contributed by atoms with Crippen LogP contribution in [0.15, 0.2) is 44.4 Å². The normalized spacial score (nSPS) is 21.5. The second-order valence-electron chi connectivity index (χ2n) is 5.55. The number of aryl methyl sites for hydroxylation is 1. The van der Waals surface area contributed by atoms with E-state index in [1.54, 1.807) is 12.1 Å². The summed E-state index contributed by atoms with van der Waals surface area (Å²) in [6.45, 7) is 0.0270. The minimum absolute atomic E-state index is 0.0270. The Balaban J connectivity index is 1.71. The van der Waals surface area contributed by atoms with Gasteiger partial charge in [0.1, 0.15) is 4.21 Å². The van der Waals surface area contributed by atoms with Gasteiger partial charge in [0.05, 0.1) is 9.39 Å². The molecule has 1 atom stereocenters. The van der Waals surface area contributed by atoms with E-state index >= 15 is 0 Å². The Morgan fingerprint density at radius 3 is 2.64 bits per heavy atom. The lowest BCUT2D eigenvalue weighted by molar-refractivity contribution is 0.0317. The first-order chi connectivity index (χ1) is 10.4. The Kier molecular flexibility index (Phi) is 4.44. The van der Waals surface area contributed by atoms with Crippen molar-refractivity contribution in [3.05, 3.63) is 51.3 Å². The smallest absolute Gasteiger partial charge is 0.250 e. The fourth-order valence-electron chi connectivity index (χ4n) is 2.68. The van der Waals surface area contributed by atoms with Crippen LogP contribution in [-0.2, 0) is 22.9 Å². The Bertz CT molecular complexity index is 788. The first kappa shape index (κ1) is 16.1. The summed E-state index contributed by atoms with van der Waals surface area (Å²) in [4.78, 5) is 0. The Morgan fingerprint density at radius 1 is 1.23 bits per heavy atom. The molecule has 0 fully saturated rings. The van der Waals surface area contributed by atoms with Crippen LogP contribution in [-0.4, -0.2) is 25.7 Å². The van der Waals surface area contributed by atoms with Crippen LogP contribution in [0.25, 0.3) is 0 Å². The molecule has 0 bridgehead atoms. The van der Waals surface area contributed by atoms with Crippen molar-refractivity contribution in [3.63, 3.8) is 0 Å². The summed E-state index contributed by atoms with van der Waals surface area (Å²) in [5.74, 6) is 0. The highest BCUT2D eigenvalue weighted by atomic mass is 79.9. The number of benzene rings is 1. The predicted molar refractivity (Wildman–Crippen MR) is 90.6 cm³/mol. The van der Waals surface area contributed by atoms with Crippen LogP contribution < -0.4 is 4.72 Å². The van der Waals surface area contributed by atoms with E-state index in [1.807, 2.05) is 18.2 Å².